The smallest absolute Gasteiger partial charge is 0.227 e. The fourth-order valence-electron chi connectivity index (χ4n) is 2.37. The lowest BCUT2D eigenvalue weighted by Crippen LogP contribution is -2.28. The van der Waals surface area contributed by atoms with Crippen molar-refractivity contribution in [1.29, 1.82) is 0 Å². The number of likely N-dealkylation sites (tertiary alicyclic amines) is 1. The van der Waals surface area contributed by atoms with Crippen LogP contribution in [0.25, 0.3) is 0 Å². The number of hydrogen-bond donors (Lipinski definition) is 0. The first-order valence-corrected chi connectivity index (χ1v) is 6.17. The van der Waals surface area contributed by atoms with Crippen molar-refractivity contribution < 1.29 is 4.79 Å². The Bertz CT molecular complexity index is 377. The first kappa shape index (κ1) is 12.1. The molecule has 1 amide bonds. The van der Waals surface area contributed by atoms with Gasteiger partial charge in [0, 0.05) is 25.7 Å². The summed E-state index contributed by atoms with van der Waals surface area (Å²) < 4.78 is 0. The van der Waals surface area contributed by atoms with Crippen LogP contribution in [-0.4, -0.2) is 38.0 Å². The van der Waals surface area contributed by atoms with Crippen molar-refractivity contribution in [3.8, 4) is 0 Å². The minimum absolute atomic E-state index is 0.219. The van der Waals surface area contributed by atoms with Crippen LogP contribution in [0.5, 0.6) is 0 Å². The summed E-state index contributed by atoms with van der Waals surface area (Å²) in [6.07, 6.45) is 1.81. The molecule has 1 unspecified atom stereocenters. The third-order valence-electron chi connectivity index (χ3n) is 3.47. The van der Waals surface area contributed by atoms with E-state index in [9.17, 15) is 4.79 Å². The van der Waals surface area contributed by atoms with Gasteiger partial charge in [-0.15, -0.1) is 0 Å². The van der Waals surface area contributed by atoms with E-state index in [2.05, 4.69) is 11.9 Å². The molecule has 1 aromatic rings. The first-order chi connectivity index (χ1) is 8.16. The topological polar surface area (TPSA) is 23.6 Å². The summed E-state index contributed by atoms with van der Waals surface area (Å²) in [5.41, 5.74) is 0.976. The van der Waals surface area contributed by atoms with Crippen LogP contribution in [0.4, 0.5) is 5.69 Å². The molecular weight excluding hydrogens is 212 g/mol. The molecule has 1 atom stereocenters. The van der Waals surface area contributed by atoms with E-state index in [1.807, 2.05) is 37.4 Å². The van der Waals surface area contributed by atoms with Gasteiger partial charge < -0.3 is 9.80 Å². The zero-order chi connectivity index (χ0) is 12.3. The highest BCUT2D eigenvalue weighted by molar-refractivity contribution is 5.92. The highest BCUT2D eigenvalue weighted by Crippen LogP contribution is 2.20. The van der Waals surface area contributed by atoms with Gasteiger partial charge in [-0.2, -0.15) is 0 Å². The summed E-state index contributed by atoms with van der Waals surface area (Å²) in [6, 6.07) is 9.83. The number of carbonyl (C=O) groups is 1. The molecular formula is C14H20N2O. The number of hydrogen-bond acceptors (Lipinski definition) is 2. The van der Waals surface area contributed by atoms with Crippen molar-refractivity contribution in [2.75, 3.05) is 32.1 Å². The molecule has 0 N–H and O–H groups in total. The lowest BCUT2D eigenvalue weighted by molar-refractivity contribution is -0.119. The fraction of sp³-hybridized carbons (Fsp3) is 0.500. The molecule has 1 saturated heterocycles. The summed E-state index contributed by atoms with van der Waals surface area (Å²) in [4.78, 5) is 16.2. The van der Waals surface area contributed by atoms with Gasteiger partial charge in [-0.3, -0.25) is 4.79 Å². The number of amides is 1. The first-order valence-electron chi connectivity index (χ1n) is 6.17. The molecule has 17 heavy (non-hydrogen) atoms. The second-order valence-corrected chi connectivity index (χ2v) is 4.91. The van der Waals surface area contributed by atoms with E-state index in [-0.39, 0.29) is 5.91 Å². The second kappa shape index (κ2) is 5.32. The third kappa shape index (κ3) is 3.07. The Hall–Kier alpha value is -1.35. The number of para-hydroxylation sites is 1. The Labute approximate surface area is 103 Å². The van der Waals surface area contributed by atoms with Gasteiger partial charge in [0.2, 0.25) is 5.91 Å². The standard InChI is InChI=1S/C14H20N2O/c1-15-9-8-12(11-15)10-14(17)16(2)13-6-4-3-5-7-13/h3-7,12H,8-11H2,1-2H3. The molecule has 0 saturated carbocycles. The normalized spacial score (nSPS) is 20.5. The van der Waals surface area contributed by atoms with Crippen LogP contribution >= 0.6 is 0 Å². The van der Waals surface area contributed by atoms with Gasteiger partial charge in [0.1, 0.15) is 0 Å². The molecule has 1 heterocycles. The summed E-state index contributed by atoms with van der Waals surface area (Å²) in [6.45, 7) is 2.17. The van der Waals surface area contributed by atoms with Gasteiger partial charge in [0.15, 0.2) is 0 Å². The van der Waals surface area contributed by atoms with Gasteiger partial charge in [-0.1, -0.05) is 18.2 Å². The van der Waals surface area contributed by atoms with Crippen molar-refractivity contribution in [2.45, 2.75) is 12.8 Å². The average molecular weight is 232 g/mol. The lowest BCUT2D eigenvalue weighted by atomic mass is 10.0. The van der Waals surface area contributed by atoms with Gasteiger partial charge in [0.25, 0.3) is 0 Å². The molecule has 1 fully saturated rings. The summed E-state index contributed by atoms with van der Waals surface area (Å²) in [7, 11) is 3.97. The van der Waals surface area contributed by atoms with Crippen molar-refractivity contribution in [3.63, 3.8) is 0 Å². The zero-order valence-corrected chi connectivity index (χ0v) is 10.6. The van der Waals surface area contributed by atoms with Crippen LogP contribution in [0.3, 0.4) is 0 Å². The van der Waals surface area contributed by atoms with Gasteiger partial charge in [-0.25, -0.2) is 0 Å². The van der Waals surface area contributed by atoms with E-state index in [4.69, 9.17) is 0 Å². The minimum Gasteiger partial charge on any atom is -0.315 e. The van der Waals surface area contributed by atoms with E-state index in [0.29, 0.717) is 12.3 Å². The maximum atomic E-state index is 12.1. The number of nitrogens with zero attached hydrogens (tertiary/aromatic N) is 2. The van der Waals surface area contributed by atoms with Crippen molar-refractivity contribution in [1.82, 2.24) is 4.90 Å². The van der Waals surface area contributed by atoms with Gasteiger partial charge >= 0.3 is 0 Å². The summed E-state index contributed by atoms with van der Waals surface area (Å²) in [5.74, 6) is 0.746. The molecule has 1 aromatic carbocycles. The van der Waals surface area contributed by atoms with E-state index in [1.54, 1.807) is 4.90 Å². The van der Waals surface area contributed by atoms with Crippen LogP contribution in [-0.2, 0) is 4.79 Å². The Kier molecular flexibility index (Phi) is 3.79. The molecule has 1 aliphatic heterocycles. The van der Waals surface area contributed by atoms with E-state index < -0.39 is 0 Å². The molecule has 2 rings (SSSR count). The Balaban J connectivity index is 1.92. The fourth-order valence-corrected chi connectivity index (χ4v) is 2.37. The Morgan fingerprint density at radius 1 is 1.41 bits per heavy atom. The van der Waals surface area contributed by atoms with E-state index >= 15 is 0 Å². The van der Waals surface area contributed by atoms with Crippen LogP contribution in [0.2, 0.25) is 0 Å². The number of anilines is 1. The highest BCUT2D eigenvalue weighted by Gasteiger charge is 2.23. The van der Waals surface area contributed by atoms with Gasteiger partial charge in [-0.05, 0) is 38.1 Å². The molecule has 0 aromatic heterocycles. The predicted octanol–water partition coefficient (Wildman–Crippen LogP) is 1.99. The Morgan fingerprint density at radius 2 is 2.12 bits per heavy atom. The molecule has 3 heteroatoms. The summed E-state index contributed by atoms with van der Waals surface area (Å²) in [5, 5.41) is 0. The second-order valence-electron chi connectivity index (χ2n) is 4.91. The lowest BCUT2D eigenvalue weighted by Gasteiger charge is -2.19. The zero-order valence-electron chi connectivity index (χ0n) is 10.6. The van der Waals surface area contributed by atoms with E-state index in [0.717, 1.165) is 25.2 Å². The van der Waals surface area contributed by atoms with Gasteiger partial charge in [0.05, 0.1) is 0 Å². The van der Waals surface area contributed by atoms with Crippen molar-refractivity contribution in [2.24, 2.45) is 5.92 Å². The third-order valence-corrected chi connectivity index (χ3v) is 3.47. The quantitative estimate of drug-likeness (QED) is 0.795. The monoisotopic (exact) mass is 232 g/mol. The largest absolute Gasteiger partial charge is 0.315 e. The number of benzene rings is 1. The molecule has 0 spiro atoms. The Morgan fingerprint density at radius 3 is 2.71 bits per heavy atom. The maximum absolute atomic E-state index is 12.1. The van der Waals surface area contributed by atoms with Crippen molar-refractivity contribution in [3.05, 3.63) is 30.3 Å². The highest BCUT2D eigenvalue weighted by atomic mass is 16.2. The van der Waals surface area contributed by atoms with Crippen LogP contribution < -0.4 is 4.90 Å². The molecule has 1 aliphatic rings. The predicted molar refractivity (Wildman–Crippen MR) is 70.1 cm³/mol. The maximum Gasteiger partial charge on any atom is 0.227 e. The molecule has 3 nitrogen and oxygen atoms in total. The molecule has 0 aliphatic carbocycles. The minimum atomic E-state index is 0.219. The van der Waals surface area contributed by atoms with Crippen molar-refractivity contribution >= 4 is 11.6 Å². The van der Waals surface area contributed by atoms with Crippen LogP contribution in [0.15, 0.2) is 30.3 Å². The van der Waals surface area contributed by atoms with E-state index in [1.165, 1.54) is 0 Å². The van der Waals surface area contributed by atoms with Crippen LogP contribution in [0.1, 0.15) is 12.8 Å². The molecule has 92 valence electrons. The molecule has 0 bridgehead atoms. The SMILES string of the molecule is CN1CCC(CC(=O)N(C)c2ccccc2)C1. The van der Waals surface area contributed by atoms with Crippen LogP contribution in [0, 0.1) is 5.92 Å². The molecule has 0 radical (unpaired) electrons. The average Bonchev–Trinajstić information content (AvgIpc) is 2.75. The number of rotatable bonds is 3. The number of carbonyl (C=O) groups excluding carboxylic acids is 1. The summed E-state index contributed by atoms with van der Waals surface area (Å²) >= 11 is 0.